The maximum Gasteiger partial charge on any atom is 0.522 e. The molecule has 1 amide bonds. The number of carbonyl (C=O) groups excluding carboxylic acids is 1. The van der Waals surface area contributed by atoms with Crippen molar-refractivity contribution in [3.63, 3.8) is 0 Å². The van der Waals surface area contributed by atoms with Gasteiger partial charge in [-0.1, -0.05) is 0 Å². The Balaban J connectivity index is 0.00000324. The van der Waals surface area contributed by atoms with E-state index in [1.807, 2.05) is 0 Å². The fraction of sp³-hybridized carbons (Fsp3) is 0.889. The van der Waals surface area contributed by atoms with E-state index in [2.05, 4.69) is 4.74 Å². The molecule has 1 rings (SSSR count). The smallest absolute Gasteiger partial charge is 0.333 e. The number of carbonyl (C=O) groups is 1. The lowest BCUT2D eigenvalue weighted by molar-refractivity contribution is -0.359. The van der Waals surface area contributed by atoms with Gasteiger partial charge in [0.15, 0.2) is 0 Å². The lowest BCUT2D eigenvalue weighted by Gasteiger charge is -2.46. The molecule has 1 heterocycles. The minimum absolute atomic E-state index is 0. The van der Waals surface area contributed by atoms with Gasteiger partial charge in [-0.3, -0.25) is 9.53 Å². The zero-order valence-corrected chi connectivity index (χ0v) is 10.7. The Bertz CT molecular complexity index is 315. The van der Waals surface area contributed by atoms with Crippen LogP contribution in [0.15, 0.2) is 0 Å². The summed E-state index contributed by atoms with van der Waals surface area (Å²) in [6.45, 7) is 1.04. The summed E-state index contributed by atoms with van der Waals surface area (Å²) in [7, 11) is 0. The van der Waals surface area contributed by atoms with Gasteiger partial charge in [-0.25, -0.2) is 8.78 Å². The van der Waals surface area contributed by atoms with Gasteiger partial charge in [0.1, 0.15) is 6.10 Å². The monoisotopic (exact) mass is 312 g/mol. The Hall–Kier alpha value is -0.670. The SMILES string of the molecule is C[C@H]1[C@@H](OC(F)(F)F)CN1C(=O)C(N)CC(F)F.Cl. The topological polar surface area (TPSA) is 55.6 Å². The number of hydrogen-bond acceptors (Lipinski definition) is 3. The molecule has 3 atom stereocenters. The van der Waals surface area contributed by atoms with E-state index in [0.717, 1.165) is 4.90 Å². The Morgan fingerprint density at radius 2 is 2.00 bits per heavy atom. The van der Waals surface area contributed by atoms with Gasteiger partial charge in [-0.05, 0) is 6.92 Å². The summed E-state index contributed by atoms with van der Waals surface area (Å²) in [5, 5.41) is 0. The van der Waals surface area contributed by atoms with E-state index in [4.69, 9.17) is 5.73 Å². The number of hydrogen-bond donors (Lipinski definition) is 1. The summed E-state index contributed by atoms with van der Waals surface area (Å²) in [5.41, 5.74) is 5.23. The van der Waals surface area contributed by atoms with Gasteiger partial charge >= 0.3 is 6.36 Å². The van der Waals surface area contributed by atoms with Gasteiger partial charge in [0.05, 0.1) is 12.1 Å². The number of ether oxygens (including phenoxy) is 1. The highest BCUT2D eigenvalue weighted by Gasteiger charge is 2.46. The predicted molar refractivity (Wildman–Crippen MR) is 57.9 cm³/mol. The van der Waals surface area contributed by atoms with Gasteiger partial charge in [0, 0.05) is 13.0 Å². The Morgan fingerprint density at radius 3 is 2.37 bits per heavy atom. The molecule has 2 N–H and O–H groups in total. The third-order valence-electron chi connectivity index (χ3n) is 2.72. The molecule has 4 nitrogen and oxygen atoms in total. The Labute approximate surface area is 112 Å². The van der Waals surface area contributed by atoms with Crippen molar-refractivity contribution < 1.29 is 31.5 Å². The fourth-order valence-corrected chi connectivity index (χ4v) is 1.68. The minimum atomic E-state index is -4.78. The van der Waals surface area contributed by atoms with Gasteiger partial charge in [0.2, 0.25) is 12.3 Å². The molecular weight excluding hydrogens is 299 g/mol. The molecule has 114 valence electrons. The Kier molecular flexibility index (Phi) is 6.43. The maximum atomic E-state index is 12.0. The van der Waals surface area contributed by atoms with Crippen LogP contribution in [0.4, 0.5) is 22.0 Å². The molecule has 1 aliphatic rings. The quantitative estimate of drug-likeness (QED) is 0.801. The molecule has 0 aromatic rings. The molecule has 19 heavy (non-hydrogen) atoms. The molecule has 1 fully saturated rings. The van der Waals surface area contributed by atoms with E-state index in [1.54, 1.807) is 0 Å². The van der Waals surface area contributed by atoms with Gasteiger partial charge < -0.3 is 10.6 Å². The number of rotatable bonds is 4. The number of halogens is 6. The minimum Gasteiger partial charge on any atom is -0.333 e. The molecule has 0 bridgehead atoms. The van der Waals surface area contributed by atoms with Crippen LogP contribution in [0.5, 0.6) is 0 Å². The first-order chi connectivity index (χ1) is 8.11. The molecule has 0 saturated carbocycles. The molecule has 0 radical (unpaired) electrons. The number of amides is 1. The summed E-state index contributed by atoms with van der Waals surface area (Å²) in [5.74, 6) is -0.787. The van der Waals surface area contributed by atoms with Crippen LogP contribution in [-0.4, -0.2) is 48.3 Å². The fourth-order valence-electron chi connectivity index (χ4n) is 1.68. The van der Waals surface area contributed by atoms with Gasteiger partial charge in [-0.15, -0.1) is 25.6 Å². The average molecular weight is 313 g/mol. The van der Waals surface area contributed by atoms with Crippen LogP contribution in [0.1, 0.15) is 13.3 Å². The molecule has 0 aliphatic carbocycles. The summed E-state index contributed by atoms with van der Waals surface area (Å²) in [6.07, 6.45) is -9.50. The van der Waals surface area contributed by atoms with Crippen LogP contribution >= 0.6 is 12.4 Å². The van der Waals surface area contributed by atoms with E-state index in [1.165, 1.54) is 6.92 Å². The lowest BCUT2D eigenvalue weighted by Crippen LogP contribution is -2.65. The second kappa shape index (κ2) is 6.67. The first-order valence-electron chi connectivity index (χ1n) is 5.20. The van der Waals surface area contributed by atoms with Crippen molar-refractivity contribution in [3.8, 4) is 0 Å². The largest absolute Gasteiger partial charge is 0.522 e. The molecule has 1 unspecified atom stereocenters. The van der Waals surface area contributed by atoms with Gasteiger partial charge in [0.25, 0.3) is 0 Å². The second-order valence-electron chi connectivity index (χ2n) is 4.07. The third kappa shape index (κ3) is 5.07. The van der Waals surface area contributed by atoms with Crippen molar-refractivity contribution in [2.75, 3.05) is 6.54 Å². The summed E-state index contributed by atoms with van der Waals surface area (Å²) < 4.78 is 63.5. The van der Waals surface area contributed by atoms with Crippen molar-refractivity contribution in [1.29, 1.82) is 0 Å². The van der Waals surface area contributed by atoms with Crippen LogP contribution in [-0.2, 0) is 9.53 Å². The Morgan fingerprint density at radius 1 is 1.47 bits per heavy atom. The number of nitrogens with two attached hydrogens (primary N) is 1. The molecule has 1 aliphatic heterocycles. The molecular formula is C9H14ClF5N2O2. The normalized spacial score (nSPS) is 24.7. The van der Waals surface area contributed by atoms with E-state index in [9.17, 15) is 26.7 Å². The summed E-state index contributed by atoms with van der Waals surface area (Å²) >= 11 is 0. The molecule has 0 spiro atoms. The van der Waals surface area contributed by atoms with Crippen molar-refractivity contribution in [3.05, 3.63) is 0 Å². The van der Waals surface area contributed by atoms with Crippen LogP contribution in [0.25, 0.3) is 0 Å². The van der Waals surface area contributed by atoms with E-state index in [-0.39, 0.29) is 19.0 Å². The standard InChI is InChI=1S/C9H13F5N2O2.ClH/c1-4-6(18-9(12,13)14)3-16(4)8(17)5(15)2-7(10)11;/h4-7H,2-3,15H2,1H3;1H/t4-,5?,6-;/m0./s1. The van der Waals surface area contributed by atoms with Crippen LogP contribution in [0, 0.1) is 0 Å². The predicted octanol–water partition coefficient (Wildman–Crippen LogP) is 1.53. The van der Waals surface area contributed by atoms with Crippen molar-refractivity contribution in [1.82, 2.24) is 4.90 Å². The van der Waals surface area contributed by atoms with E-state index in [0.29, 0.717) is 0 Å². The molecule has 10 heteroatoms. The maximum absolute atomic E-state index is 12.0. The highest BCUT2D eigenvalue weighted by atomic mass is 35.5. The summed E-state index contributed by atoms with van der Waals surface area (Å²) in [6, 6.07) is -2.23. The third-order valence-corrected chi connectivity index (χ3v) is 2.72. The number of likely N-dealkylation sites (tertiary alicyclic amines) is 1. The molecule has 0 aromatic carbocycles. The zero-order chi connectivity index (χ0) is 14.1. The summed E-state index contributed by atoms with van der Waals surface area (Å²) in [4.78, 5) is 12.5. The van der Waals surface area contributed by atoms with Crippen molar-refractivity contribution in [2.24, 2.45) is 5.73 Å². The first-order valence-corrected chi connectivity index (χ1v) is 5.20. The number of nitrogens with zero attached hydrogens (tertiary/aromatic N) is 1. The van der Waals surface area contributed by atoms with Crippen LogP contribution in [0.3, 0.4) is 0 Å². The van der Waals surface area contributed by atoms with E-state index >= 15 is 0 Å². The lowest BCUT2D eigenvalue weighted by atomic mass is 9.99. The van der Waals surface area contributed by atoms with Crippen LogP contribution in [0.2, 0.25) is 0 Å². The highest BCUT2D eigenvalue weighted by molar-refractivity contribution is 5.85. The number of alkyl halides is 5. The van der Waals surface area contributed by atoms with E-state index < -0.39 is 43.3 Å². The highest BCUT2D eigenvalue weighted by Crippen LogP contribution is 2.29. The second-order valence-corrected chi connectivity index (χ2v) is 4.07. The zero-order valence-electron chi connectivity index (χ0n) is 9.86. The first kappa shape index (κ1) is 18.3. The molecule has 0 aromatic heterocycles. The van der Waals surface area contributed by atoms with Crippen molar-refractivity contribution in [2.45, 2.75) is 44.3 Å². The van der Waals surface area contributed by atoms with Crippen molar-refractivity contribution >= 4 is 18.3 Å². The van der Waals surface area contributed by atoms with Crippen LogP contribution < -0.4 is 5.73 Å². The van der Waals surface area contributed by atoms with Gasteiger partial charge in [-0.2, -0.15) is 0 Å². The average Bonchev–Trinajstić information content (AvgIpc) is 2.20. The molecule has 1 saturated heterocycles.